The van der Waals surface area contributed by atoms with Crippen molar-refractivity contribution in [3.8, 4) is 0 Å². The molecule has 1 aromatic heterocycles. The average molecular weight is 259 g/mol. The maximum atomic E-state index is 12.4. The fourth-order valence-electron chi connectivity index (χ4n) is 2.10. The summed E-state index contributed by atoms with van der Waals surface area (Å²) in [5, 5.41) is 0. The molecule has 0 radical (unpaired) electrons. The summed E-state index contributed by atoms with van der Waals surface area (Å²) in [6.07, 6.45) is -2.10. The van der Waals surface area contributed by atoms with Gasteiger partial charge in [-0.25, -0.2) is 4.98 Å². The molecular weight excluding hydrogens is 243 g/mol. The van der Waals surface area contributed by atoms with Crippen molar-refractivity contribution in [3.63, 3.8) is 0 Å². The van der Waals surface area contributed by atoms with E-state index in [9.17, 15) is 13.2 Å². The van der Waals surface area contributed by atoms with E-state index < -0.39 is 12.1 Å². The van der Waals surface area contributed by atoms with E-state index in [1.807, 2.05) is 11.0 Å². The maximum Gasteiger partial charge on any atom is 0.391 e. The molecule has 2 rings (SSSR count). The Bertz CT molecular complexity index is 396. The number of alkyl halides is 3. The molecule has 1 aliphatic carbocycles. The van der Waals surface area contributed by atoms with Crippen molar-refractivity contribution < 1.29 is 13.2 Å². The lowest BCUT2D eigenvalue weighted by Gasteiger charge is -2.42. The number of nitrogens with zero attached hydrogens (tertiary/aromatic N) is 2. The van der Waals surface area contributed by atoms with Gasteiger partial charge in [0.2, 0.25) is 0 Å². The van der Waals surface area contributed by atoms with E-state index >= 15 is 0 Å². The minimum Gasteiger partial charge on any atom is -0.357 e. The van der Waals surface area contributed by atoms with Crippen LogP contribution in [-0.4, -0.2) is 24.2 Å². The number of rotatable bonds is 3. The molecule has 0 aliphatic heterocycles. The van der Waals surface area contributed by atoms with Crippen LogP contribution in [0.3, 0.4) is 0 Å². The Morgan fingerprint density at radius 3 is 2.50 bits per heavy atom. The molecule has 0 atom stereocenters. The molecule has 0 aromatic carbocycles. The molecule has 0 saturated heterocycles. The molecule has 1 saturated carbocycles. The highest BCUT2D eigenvalue weighted by atomic mass is 19.4. The molecule has 1 fully saturated rings. The van der Waals surface area contributed by atoms with Crippen molar-refractivity contribution in [2.24, 2.45) is 11.7 Å². The topological polar surface area (TPSA) is 42.1 Å². The summed E-state index contributed by atoms with van der Waals surface area (Å²) in [5.41, 5.74) is 6.37. The second kappa shape index (κ2) is 4.76. The molecule has 0 unspecified atom stereocenters. The first-order valence-electron chi connectivity index (χ1n) is 5.86. The van der Waals surface area contributed by atoms with Crippen LogP contribution in [0.1, 0.15) is 18.4 Å². The third kappa shape index (κ3) is 2.58. The first-order chi connectivity index (χ1) is 8.41. The van der Waals surface area contributed by atoms with E-state index in [1.165, 1.54) is 0 Å². The molecule has 1 aliphatic rings. The number of halogens is 3. The van der Waals surface area contributed by atoms with E-state index in [4.69, 9.17) is 5.73 Å². The Morgan fingerprint density at radius 1 is 1.39 bits per heavy atom. The van der Waals surface area contributed by atoms with Gasteiger partial charge in [0.05, 0.1) is 5.92 Å². The summed E-state index contributed by atoms with van der Waals surface area (Å²) in [6.45, 7) is 0.413. The summed E-state index contributed by atoms with van der Waals surface area (Å²) in [6, 6.07) is 3.56. The summed E-state index contributed by atoms with van der Waals surface area (Å²) >= 11 is 0. The van der Waals surface area contributed by atoms with Crippen LogP contribution in [-0.2, 0) is 6.54 Å². The lowest BCUT2D eigenvalue weighted by atomic mass is 9.79. The Labute approximate surface area is 104 Å². The number of hydrogen-bond acceptors (Lipinski definition) is 3. The lowest BCUT2D eigenvalue weighted by Crippen LogP contribution is -2.48. The van der Waals surface area contributed by atoms with Gasteiger partial charge in [0.15, 0.2) is 0 Å². The van der Waals surface area contributed by atoms with Crippen molar-refractivity contribution in [3.05, 3.63) is 23.9 Å². The van der Waals surface area contributed by atoms with Gasteiger partial charge < -0.3 is 10.6 Å². The van der Waals surface area contributed by atoms with Crippen LogP contribution < -0.4 is 10.6 Å². The Morgan fingerprint density at radius 2 is 2.06 bits per heavy atom. The third-order valence-electron chi connectivity index (χ3n) is 3.53. The van der Waals surface area contributed by atoms with Crippen LogP contribution in [0, 0.1) is 5.92 Å². The summed E-state index contributed by atoms with van der Waals surface area (Å²) < 4.78 is 37.2. The van der Waals surface area contributed by atoms with Gasteiger partial charge in [-0.05, 0) is 24.5 Å². The molecule has 18 heavy (non-hydrogen) atoms. The predicted molar refractivity (Wildman–Crippen MR) is 63.1 cm³/mol. The van der Waals surface area contributed by atoms with Gasteiger partial charge in [0.1, 0.15) is 5.82 Å². The van der Waals surface area contributed by atoms with Crippen LogP contribution in [0.25, 0.3) is 0 Å². The minimum absolute atomic E-state index is 0.0761. The molecule has 6 heteroatoms. The second-order valence-corrected chi connectivity index (χ2v) is 4.70. The molecule has 0 spiro atoms. The van der Waals surface area contributed by atoms with Crippen LogP contribution in [0.5, 0.6) is 0 Å². The third-order valence-corrected chi connectivity index (χ3v) is 3.53. The molecule has 3 nitrogen and oxygen atoms in total. The normalized spacial score (nSPS) is 23.6. The molecule has 0 bridgehead atoms. The van der Waals surface area contributed by atoms with Crippen LogP contribution >= 0.6 is 0 Å². The van der Waals surface area contributed by atoms with Crippen molar-refractivity contribution in [1.82, 2.24) is 4.98 Å². The van der Waals surface area contributed by atoms with Gasteiger partial charge in [0.25, 0.3) is 0 Å². The molecular formula is C12H16F3N3. The van der Waals surface area contributed by atoms with Crippen LogP contribution in [0.15, 0.2) is 18.3 Å². The first kappa shape index (κ1) is 13.1. The average Bonchev–Trinajstić information content (AvgIpc) is 2.25. The zero-order valence-corrected chi connectivity index (χ0v) is 10.1. The summed E-state index contributed by atoms with van der Waals surface area (Å²) in [5.74, 6) is -0.467. The SMILES string of the molecule is CN(c1ccc(CN)cn1)[C@H]1C[C@@H](C(F)(F)F)C1. The number of aromatic nitrogens is 1. The van der Waals surface area contributed by atoms with E-state index in [0.717, 1.165) is 5.56 Å². The monoisotopic (exact) mass is 259 g/mol. The Kier molecular flexibility index (Phi) is 3.47. The number of hydrogen-bond donors (Lipinski definition) is 1. The van der Waals surface area contributed by atoms with Crippen molar-refractivity contribution in [2.45, 2.75) is 31.6 Å². The highest BCUT2D eigenvalue weighted by Crippen LogP contribution is 2.43. The Balaban J connectivity index is 1.95. The van der Waals surface area contributed by atoms with E-state index in [1.54, 1.807) is 19.3 Å². The molecule has 1 aromatic rings. The summed E-state index contributed by atoms with van der Waals surface area (Å²) in [4.78, 5) is 6.01. The second-order valence-electron chi connectivity index (χ2n) is 4.70. The van der Waals surface area contributed by atoms with E-state index in [2.05, 4.69) is 4.98 Å². The molecule has 0 amide bonds. The van der Waals surface area contributed by atoms with Crippen LogP contribution in [0.2, 0.25) is 0 Å². The van der Waals surface area contributed by atoms with Gasteiger partial charge >= 0.3 is 6.18 Å². The van der Waals surface area contributed by atoms with Crippen molar-refractivity contribution >= 4 is 5.82 Å². The molecule has 100 valence electrons. The molecule has 2 N–H and O–H groups in total. The standard InChI is InChI=1S/C12H16F3N3/c1-18(10-4-9(5-10)12(13,14)15)11-3-2-8(6-16)7-17-11/h2-3,7,9-10H,4-6,16H2,1H3/t9-,10+. The largest absolute Gasteiger partial charge is 0.391 e. The van der Waals surface area contributed by atoms with Gasteiger partial charge in [-0.3, -0.25) is 0 Å². The van der Waals surface area contributed by atoms with Gasteiger partial charge in [0, 0.05) is 25.8 Å². The van der Waals surface area contributed by atoms with E-state index in [-0.39, 0.29) is 18.9 Å². The van der Waals surface area contributed by atoms with Gasteiger partial charge in [-0.1, -0.05) is 6.07 Å². The van der Waals surface area contributed by atoms with E-state index in [0.29, 0.717) is 12.4 Å². The van der Waals surface area contributed by atoms with Gasteiger partial charge in [-0.2, -0.15) is 13.2 Å². The first-order valence-corrected chi connectivity index (χ1v) is 5.86. The lowest BCUT2D eigenvalue weighted by molar-refractivity contribution is -0.196. The van der Waals surface area contributed by atoms with Crippen molar-refractivity contribution in [2.75, 3.05) is 11.9 Å². The number of nitrogens with two attached hydrogens (primary N) is 1. The maximum absolute atomic E-state index is 12.4. The van der Waals surface area contributed by atoms with Crippen LogP contribution in [0.4, 0.5) is 19.0 Å². The quantitative estimate of drug-likeness (QED) is 0.905. The zero-order chi connectivity index (χ0) is 13.3. The molecule has 1 heterocycles. The van der Waals surface area contributed by atoms with Crippen molar-refractivity contribution in [1.29, 1.82) is 0 Å². The Hall–Kier alpha value is -1.30. The summed E-state index contributed by atoms with van der Waals surface area (Å²) in [7, 11) is 1.78. The highest BCUT2D eigenvalue weighted by molar-refractivity contribution is 5.40. The fraction of sp³-hybridized carbons (Fsp3) is 0.583. The fourth-order valence-corrected chi connectivity index (χ4v) is 2.10. The number of pyridine rings is 1. The predicted octanol–water partition coefficient (Wildman–Crippen LogP) is 2.32. The zero-order valence-electron chi connectivity index (χ0n) is 10.1. The minimum atomic E-state index is -4.06. The number of anilines is 1. The highest BCUT2D eigenvalue weighted by Gasteiger charge is 2.49. The smallest absolute Gasteiger partial charge is 0.357 e. The van der Waals surface area contributed by atoms with Gasteiger partial charge in [-0.15, -0.1) is 0 Å².